The van der Waals surface area contributed by atoms with Crippen molar-refractivity contribution >= 4 is 194 Å². The van der Waals surface area contributed by atoms with E-state index in [0.29, 0.717) is 44.5 Å². The van der Waals surface area contributed by atoms with Gasteiger partial charge < -0.3 is 149 Å². The third kappa shape index (κ3) is 34.4. The molecule has 0 radical (unpaired) electrons. The Morgan fingerprint density at radius 1 is 0.432 bits per heavy atom. The number of carboxylic acids is 1. The molecule has 688 valence electrons. The maximum atomic E-state index is 15.4. The van der Waals surface area contributed by atoms with Crippen LogP contribution in [0.4, 0.5) is 0 Å². The third-order valence-corrected chi connectivity index (χ3v) is 26.0. The van der Waals surface area contributed by atoms with Crippen molar-refractivity contribution in [3.8, 4) is 0 Å². The minimum absolute atomic E-state index is 0.109. The highest BCUT2D eigenvalue weighted by Crippen LogP contribution is 2.28. The Bertz CT molecular complexity index is 4330. The lowest BCUT2D eigenvalue weighted by Crippen LogP contribution is -2.62. The highest BCUT2D eigenvalue weighted by atomic mass is 33.1. The minimum atomic E-state index is -2.17. The van der Waals surface area contributed by atoms with Crippen LogP contribution in [0.5, 0.6) is 0 Å². The number of carbonyl (C=O) groups is 18. The zero-order valence-electron chi connectivity index (χ0n) is 67.3. The van der Waals surface area contributed by atoms with Crippen molar-refractivity contribution in [3.05, 3.63) is 54.2 Å². The predicted octanol–water partition coefficient (Wildman–Crippen LogP) is -11.0. The van der Waals surface area contributed by atoms with E-state index in [0.717, 1.165) is 43.2 Å². The Morgan fingerprint density at radius 3 is 1.25 bits per heavy atom. The first-order valence-electron chi connectivity index (χ1n) is 38.9. The number of nitrogens with two attached hydrogens (primary N) is 5. The fourth-order valence-corrected chi connectivity index (χ4v) is 19.0. The smallest absolute Gasteiger partial charge is 0.305 e. The van der Waals surface area contributed by atoms with E-state index in [2.05, 4.69) is 105 Å². The lowest BCUT2D eigenvalue weighted by atomic mass is 10.0. The summed E-state index contributed by atoms with van der Waals surface area (Å²) in [7, 11) is 4.42. The average molecular weight is 1870 g/mol. The van der Waals surface area contributed by atoms with E-state index in [1.54, 1.807) is 31.2 Å². The van der Waals surface area contributed by atoms with Crippen molar-refractivity contribution in [2.24, 2.45) is 28.7 Å². The van der Waals surface area contributed by atoms with Crippen LogP contribution in [0, 0.1) is 10.8 Å². The largest absolute Gasteiger partial charge is 0.481 e. The van der Waals surface area contributed by atoms with Crippen LogP contribution in [0.15, 0.2) is 43.0 Å². The quantitative estimate of drug-likeness (QED) is 0.0181. The number of H-pyrrole nitrogens is 2. The number of hydrogen-bond acceptors (Lipinski definition) is 31. The lowest BCUT2D eigenvalue weighted by molar-refractivity contribution is -0.141. The van der Waals surface area contributed by atoms with Gasteiger partial charge in [-0.25, -0.2) is 4.98 Å². The molecule has 16 atom stereocenters. The second-order valence-electron chi connectivity index (χ2n) is 28.4. The second-order valence-corrected chi connectivity index (χ2v) is 36.1. The van der Waals surface area contributed by atoms with Crippen molar-refractivity contribution in [2.45, 2.75) is 174 Å². The van der Waals surface area contributed by atoms with Gasteiger partial charge in [-0.05, 0) is 43.7 Å². The van der Waals surface area contributed by atoms with Gasteiger partial charge in [-0.3, -0.25) is 97.1 Å². The summed E-state index contributed by atoms with van der Waals surface area (Å²) in [5.41, 5.74) is 30.2. The predicted molar refractivity (Wildman–Crippen MR) is 460 cm³/mol. The molecule has 0 saturated carbocycles. The molecule has 125 heavy (non-hydrogen) atoms. The SMILES string of the molecule is CCCC[C@@H]1NC(=O)[C@H](CO)NC(=O)[C@H](CO)NC(=O)[C@@H]2CSSC[C@@H](C(N)=O)NC(=O)[C@@H]3CSSC[C@H](NC(=O)[C@@H](N)CSSC[C@H](NC(=O)[C@H](Cc4c[nH]c5ccccc45)NC1=O)C(=O)N[C@@H](CCCNC(=N)N)C(=O)N[C@@H](CC(=O)O)C(=O)N[C@@H](Cc1cnc[nH]1)C(=O)N[C@@H](CO)C(=O)N[C@@H](CCCNC(=N)N)C(=O)N3)C(=O)N[C@H](CC(N)=O)C(=O)N2. The van der Waals surface area contributed by atoms with Crippen LogP contribution < -0.4 is 119 Å². The molecule has 35 N–H and O–H groups in total. The number of carboxylic acid groups (broad SMARTS) is 1. The maximum Gasteiger partial charge on any atom is 0.305 e. The number of benzene rings is 1. The standard InChI is InChI=1S/C70H105N27O22S6/c1-2-3-9-36-55(106)86-39(15-31-19-81-35-10-5-4-8-33(31)35)58(109)96-48-27-122-120-24-34(71)54(105)94-47-26-124-125-29-50(68(119)93-46(53(73)104)25-121-123-28-49(97-60(111)41(17-51(72)101)88-66(47)117)67(118)92-45(23-100)64(115)91-44(22-99)63(114)83-36)95-57(108)38(12-7-14-80-70(76)77)84-62(113)43(21-98)90-59(110)40(16-32-20-78-30-82-32)87-61(112)42(18-52(102)103)89-56(107)37(85-65(48)116)11-6-13-79-69(74)75/h4-5,8,10,19-20,30,34,36-50,81,98-100H,2-3,6-7,9,11-18,21-29,71H2,1H3,(H2,72,101)(H2,73,104)(H,78,82)(H,83,114)(H,84,113)(H,85,116)(H,86,106)(H,87,112)(H,88,117)(H,89,107)(H,90,110)(H,91,115)(H,92,118)(H,93,119)(H,94,105)(H,95,108)(H,96,109)(H,97,111)(H,102,103)(H4,74,75,79)(H4,76,77,80)/t34-,36-,37-,38-,39-,40-,41+,42-,43-,44-,45-,46-,47-,48-,49-,50-/m0/s1. The van der Waals surface area contributed by atoms with E-state index >= 15 is 9.59 Å². The van der Waals surface area contributed by atoms with E-state index in [4.69, 9.17) is 39.5 Å². The minimum Gasteiger partial charge on any atom is -0.481 e. The van der Waals surface area contributed by atoms with E-state index in [9.17, 15) is 97.1 Å². The monoisotopic (exact) mass is 1870 g/mol. The van der Waals surface area contributed by atoms with Gasteiger partial charge in [-0.15, -0.1) is 0 Å². The molecule has 3 aliphatic heterocycles. The number of aliphatic hydroxyl groups is 3. The molecule has 0 unspecified atom stereocenters. The molecule has 3 saturated heterocycles. The summed E-state index contributed by atoms with van der Waals surface area (Å²) in [5, 5.41) is 99.7. The lowest BCUT2D eigenvalue weighted by Gasteiger charge is -2.28. The molecule has 17 amide bonds. The first-order valence-corrected chi connectivity index (χ1v) is 46.3. The van der Waals surface area contributed by atoms with Crippen LogP contribution in [-0.4, -0.2) is 318 Å². The molecule has 3 fully saturated rings. The van der Waals surface area contributed by atoms with Crippen LogP contribution in [0.2, 0.25) is 0 Å². The molecule has 49 nitrogen and oxygen atoms in total. The number of aliphatic carboxylic acids is 1. The summed E-state index contributed by atoms with van der Waals surface area (Å²) in [5.74, 6) is -27.0. The number of aliphatic hydroxyl groups excluding tert-OH is 3. The Morgan fingerprint density at radius 2 is 0.792 bits per heavy atom. The van der Waals surface area contributed by atoms with Crippen molar-refractivity contribution in [2.75, 3.05) is 67.4 Å². The van der Waals surface area contributed by atoms with Crippen molar-refractivity contribution in [1.82, 2.24) is 105 Å². The number of unbranched alkanes of at least 4 members (excludes halogenated alkanes) is 1. The Hall–Kier alpha value is -11.1. The summed E-state index contributed by atoms with van der Waals surface area (Å²) in [4.78, 5) is 270. The molecule has 1 aromatic carbocycles. The van der Waals surface area contributed by atoms with Crippen LogP contribution in [0.3, 0.4) is 0 Å². The Labute approximate surface area is 737 Å². The highest BCUT2D eigenvalue weighted by molar-refractivity contribution is 8.77. The van der Waals surface area contributed by atoms with Gasteiger partial charge in [0.15, 0.2) is 11.9 Å². The molecular formula is C70H105N27O22S6. The van der Waals surface area contributed by atoms with E-state index in [1.165, 1.54) is 18.7 Å². The summed E-state index contributed by atoms with van der Waals surface area (Å²) in [6, 6.07) is -23.2. The van der Waals surface area contributed by atoms with Crippen LogP contribution in [-0.2, 0) is 99.1 Å². The summed E-state index contributed by atoms with van der Waals surface area (Å²) in [6.45, 7) is -2.31. The fraction of sp³-hybridized carbons (Fsp3) is 0.557. The zero-order valence-corrected chi connectivity index (χ0v) is 72.2. The topological polar surface area (TPSA) is 815 Å². The van der Waals surface area contributed by atoms with Gasteiger partial charge in [-0.1, -0.05) is 103 Å². The number of amides is 17. The molecule has 4 bridgehead atoms. The molecule has 55 heteroatoms. The van der Waals surface area contributed by atoms with E-state index in [-0.39, 0.29) is 50.9 Å². The fourth-order valence-electron chi connectivity index (χ4n) is 12.0. The molecule has 5 heterocycles. The van der Waals surface area contributed by atoms with Gasteiger partial charge in [0, 0.05) is 89.4 Å². The molecule has 3 aliphatic rings. The molecular weight excluding hydrogens is 1760 g/mol. The molecule has 0 aliphatic carbocycles. The number of guanidine groups is 2. The van der Waals surface area contributed by atoms with Crippen LogP contribution in [0.25, 0.3) is 10.9 Å². The molecule has 2 aromatic heterocycles. The van der Waals surface area contributed by atoms with E-state index in [1.807, 2.05) is 0 Å². The van der Waals surface area contributed by atoms with Crippen molar-refractivity contribution < 1.29 is 107 Å². The summed E-state index contributed by atoms with van der Waals surface area (Å²) in [6.07, 6.45) is 0.0467. The Kier molecular flexibility index (Phi) is 43.2. The third-order valence-electron chi connectivity index (χ3n) is 18.8. The van der Waals surface area contributed by atoms with Gasteiger partial charge >= 0.3 is 5.97 Å². The number of para-hydroxylation sites is 1. The number of imidazole rings is 1. The maximum absolute atomic E-state index is 15.4. The first kappa shape index (κ1) is 103. The summed E-state index contributed by atoms with van der Waals surface area (Å²) >= 11 is 0. The number of rotatable bonds is 23. The van der Waals surface area contributed by atoms with Crippen molar-refractivity contribution in [3.63, 3.8) is 0 Å². The van der Waals surface area contributed by atoms with Gasteiger partial charge in [0.1, 0.15) is 90.6 Å². The Balaban J connectivity index is 1.61. The normalized spacial score (nSPS) is 26.5. The number of aromatic nitrogens is 3. The van der Waals surface area contributed by atoms with E-state index < -0.39 is 301 Å². The van der Waals surface area contributed by atoms with Crippen LogP contribution in [0.1, 0.15) is 76.0 Å². The number of nitrogens with zero attached hydrogens (tertiary/aromatic N) is 1. The van der Waals surface area contributed by atoms with Gasteiger partial charge in [0.05, 0.1) is 45.0 Å². The number of aromatic amines is 2. The van der Waals surface area contributed by atoms with Gasteiger partial charge in [-0.2, -0.15) is 0 Å². The average Bonchev–Trinajstić information content (AvgIpc) is 1.60. The zero-order chi connectivity index (χ0) is 92.0. The van der Waals surface area contributed by atoms with Crippen molar-refractivity contribution in [1.29, 1.82) is 10.8 Å². The number of fused-ring (bicyclic) bond motifs is 17. The molecule has 0 spiro atoms. The van der Waals surface area contributed by atoms with Gasteiger partial charge in [0.25, 0.3) is 0 Å². The number of carbonyl (C=O) groups excluding carboxylic acids is 17. The second kappa shape index (κ2) is 52.6. The van der Waals surface area contributed by atoms with Crippen LogP contribution >= 0.6 is 64.8 Å². The molecule has 3 aromatic rings. The highest BCUT2D eigenvalue weighted by Gasteiger charge is 2.41. The number of primary amides is 2. The number of hydrogen-bond donors (Lipinski definition) is 30. The molecule has 6 rings (SSSR count). The number of nitrogens with one attached hydrogen (secondary N) is 21. The first-order chi connectivity index (χ1) is 59.5. The summed E-state index contributed by atoms with van der Waals surface area (Å²) < 4.78 is 0. The van der Waals surface area contributed by atoms with Gasteiger partial charge in [0.2, 0.25) is 100 Å².